The number of oxazole rings is 1. The molecule has 5 heteroatoms. The summed E-state index contributed by atoms with van der Waals surface area (Å²) in [5, 5.41) is 0. The molecular formula is C10H12N4O. The molecule has 2 aromatic heterocycles. The maximum absolute atomic E-state index is 5.57. The quantitative estimate of drug-likeness (QED) is 0.706. The Kier molecular flexibility index (Phi) is 2.01. The minimum absolute atomic E-state index is 0.575. The van der Waals surface area contributed by atoms with Crippen molar-refractivity contribution in [3.05, 3.63) is 12.5 Å². The number of fused-ring (bicyclic) bond motifs is 1. The van der Waals surface area contributed by atoms with E-state index in [1.807, 2.05) is 0 Å². The highest BCUT2D eigenvalue weighted by atomic mass is 16.4. The van der Waals surface area contributed by atoms with Crippen LogP contribution in [0.1, 0.15) is 19.3 Å². The standard InChI is InChI=1S/C10H12N4O/c1-2-4-14(5-3-1)10-13-8-6-11-7-12-9(8)15-10/h6-7H,1-5H2. The van der Waals surface area contributed by atoms with Gasteiger partial charge in [0.1, 0.15) is 11.8 Å². The first-order valence-electron chi connectivity index (χ1n) is 5.25. The third-order valence-corrected chi connectivity index (χ3v) is 2.69. The van der Waals surface area contributed by atoms with Gasteiger partial charge in [0.05, 0.1) is 6.20 Å². The Hall–Kier alpha value is -1.65. The van der Waals surface area contributed by atoms with Crippen molar-refractivity contribution in [2.24, 2.45) is 0 Å². The van der Waals surface area contributed by atoms with E-state index in [4.69, 9.17) is 4.42 Å². The zero-order valence-corrected chi connectivity index (χ0v) is 8.39. The molecule has 0 atom stereocenters. The van der Waals surface area contributed by atoms with Crippen molar-refractivity contribution in [1.82, 2.24) is 15.0 Å². The van der Waals surface area contributed by atoms with Gasteiger partial charge >= 0.3 is 0 Å². The van der Waals surface area contributed by atoms with Gasteiger partial charge in [-0.3, -0.25) is 0 Å². The first kappa shape index (κ1) is 8.64. The number of aromatic nitrogens is 3. The van der Waals surface area contributed by atoms with Crippen molar-refractivity contribution in [1.29, 1.82) is 0 Å². The van der Waals surface area contributed by atoms with E-state index in [9.17, 15) is 0 Å². The Morgan fingerprint density at radius 3 is 2.87 bits per heavy atom. The van der Waals surface area contributed by atoms with Crippen LogP contribution in [0.25, 0.3) is 11.2 Å². The summed E-state index contributed by atoms with van der Waals surface area (Å²) in [4.78, 5) is 14.5. The molecule has 1 fully saturated rings. The van der Waals surface area contributed by atoms with Crippen LogP contribution in [-0.4, -0.2) is 28.0 Å². The lowest BCUT2D eigenvalue weighted by Crippen LogP contribution is -2.29. The molecule has 0 radical (unpaired) electrons. The van der Waals surface area contributed by atoms with E-state index in [1.54, 1.807) is 6.20 Å². The smallest absolute Gasteiger partial charge is 0.299 e. The highest BCUT2D eigenvalue weighted by Crippen LogP contribution is 2.22. The van der Waals surface area contributed by atoms with Crippen LogP contribution in [0, 0.1) is 0 Å². The van der Waals surface area contributed by atoms with E-state index in [0.717, 1.165) is 18.6 Å². The first-order valence-corrected chi connectivity index (χ1v) is 5.25. The van der Waals surface area contributed by atoms with Gasteiger partial charge in [0.2, 0.25) is 0 Å². The average Bonchev–Trinajstić information content (AvgIpc) is 2.74. The summed E-state index contributed by atoms with van der Waals surface area (Å²) in [6, 6.07) is 0.685. The molecular weight excluding hydrogens is 192 g/mol. The molecule has 3 rings (SSSR count). The first-order chi connectivity index (χ1) is 7.43. The number of hydrogen-bond donors (Lipinski definition) is 0. The summed E-state index contributed by atoms with van der Waals surface area (Å²) in [7, 11) is 0. The van der Waals surface area contributed by atoms with Crippen molar-refractivity contribution in [3.8, 4) is 0 Å². The minimum atomic E-state index is 0.575. The molecule has 0 bridgehead atoms. The van der Waals surface area contributed by atoms with Crippen molar-refractivity contribution < 1.29 is 4.42 Å². The lowest BCUT2D eigenvalue weighted by Gasteiger charge is -2.24. The van der Waals surface area contributed by atoms with E-state index in [-0.39, 0.29) is 0 Å². The van der Waals surface area contributed by atoms with Crippen molar-refractivity contribution in [2.75, 3.05) is 18.0 Å². The fourth-order valence-electron chi connectivity index (χ4n) is 1.90. The van der Waals surface area contributed by atoms with Gasteiger partial charge in [-0.25, -0.2) is 4.98 Å². The summed E-state index contributed by atoms with van der Waals surface area (Å²) < 4.78 is 5.57. The van der Waals surface area contributed by atoms with Crippen LogP contribution in [0.2, 0.25) is 0 Å². The summed E-state index contributed by atoms with van der Waals surface area (Å²) in [5.74, 6) is 0. The number of rotatable bonds is 1. The fraction of sp³-hybridized carbons (Fsp3) is 0.500. The second-order valence-electron chi connectivity index (χ2n) is 3.76. The molecule has 0 spiro atoms. The maximum atomic E-state index is 5.57. The van der Waals surface area contributed by atoms with Crippen molar-refractivity contribution in [2.45, 2.75) is 19.3 Å². The van der Waals surface area contributed by atoms with Gasteiger partial charge in [0.25, 0.3) is 11.7 Å². The van der Waals surface area contributed by atoms with Gasteiger partial charge in [-0.15, -0.1) is 0 Å². The zero-order valence-electron chi connectivity index (χ0n) is 8.39. The lowest BCUT2D eigenvalue weighted by atomic mass is 10.1. The van der Waals surface area contributed by atoms with E-state index in [1.165, 1.54) is 25.6 Å². The molecule has 0 saturated carbocycles. The molecule has 5 nitrogen and oxygen atoms in total. The monoisotopic (exact) mass is 204 g/mol. The Morgan fingerprint density at radius 2 is 2.07 bits per heavy atom. The predicted octanol–water partition coefficient (Wildman–Crippen LogP) is 1.61. The van der Waals surface area contributed by atoms with E-state index in [2.05, 4.69) is 19.9 Å². The summed E-state index contributed by atoms with van der Waals surface area (Å²) in [5.41, 5.74) is 1.31. The molecule has 15 heavy (non-hydrogen) atoms. The second kappa shape index (κ2) is 3.49. The topological polar surface area (TPSA) is 55.1 Å². The molecule has 0 aromatic carbocycles. The third-order valence-electron chi connectivity index (χ3n) is 2.69. The lowest BCUT2D eigenvalue weighted by molar-refractivity contribution is 0.505. The maximum Gasteiger partial charge on any atom is 0.299 e. The number of anilines is 1. The molecule has 1 aliphatic heterocycles. The number of hydrogen-bond acceptors (Lipinski definition) is 5. The fourth-order valence-corrected chi connectivity index (χ4v) is 1.90. The second-order valence-corrected chi connectivity index (χ2v) is 3.76. The Balaban J connectivity index is 1.96. The van der Waals surface area contributed by atoms with Gasteiger partial charge in [-0.1, -0.05) is 0 Å². The molecule has 1 saturated heterocycles. The van der Waals surface area contributed by atoms with Crippen LogP contribution < -0.4 is 4.90 Å². The van der Waals surface area contributed by atoms with Gasteiger partial charge in [0, 0.05) is 13.1 Å². The average molecular weight is 204 g/mol. The third kappa shape index (κ3) is 1.54. The predicted molar refractivity (Wildman–Crippen MR) is 55.7 cm³/mol. The number of piperidine rings is 1. The molecule has 0 unspecified atom stereocenters. The van der Waals surface area contributed by atoms with E-state index < -0.39 is 0 Å². The van der Waals surface area contributed by atoms with Crippen LogP contribution in [-0.2, 0) is 0 Å². The SMILES string of the molecule is c1ncc2nc(N3CCCCC3)oc2n1. The van der Waals surface area contributed by atoms with Crippen molar-refractivity contribution >= 4 is 17.2 Å². The molecule has 2 aromatic rings. The van der Waals surface area contributed by atoms with Crippen molar-refractivity contribution in [3.63, 3.8) is 0 Å². The summed E-state index contributed by atoms with van der Waals surface area (Å²) >= 11 is 0. The number of nitrogens with zero attached hydrogens (tertiary/aromatic N) is 4. The van der Waals surface area contributed by atoms with Gasteiger partial charge < -0.3 is 9.32 Å². The van der Waals surface area contributed by atoms with E-state index in [0.29, 0.717) is 11.7 Å². The van der Waals surface area contributed by atoms with Crippen LogP contribution in [0.3, 0.4) is 0 Å². The molecule has 0 aliphatic carbocycles. The minimum Gasteiger partial charge on any atom is -0.404 e. The van der Waals surface area contributed by atoms with Gasteiger partial charge in [-0.05, 0) is 19.3 Å². The molecule has 78 valence electrons. The van der Waals surface area contributed by atoms with Crippen LogP contribution in [0.4, 0.5) is 6.01 Å². The van der Waals surface area contributed by atoms with E-state index >= 15 is 0 Å². The summed E-state index contributed by atoms with van der Waals surface area (Å²) in [6.45, 7) is 2.06. The summed E-state index contributed by atoms with van der Waals surface area (Å²) in [6.07, 6.45) is 6.89. The molecule has 1 aliphatic rings. The van der Waals surface area contributed by atoms with Gasteiger partial charge in [0.15, 0.2) is 0 Å². The highest BCUT2D eigenvalue weighted by molar-refractivity contribution is 5.68. The van der Waals surface area contributed by atoms with Crippen LogP contribution in [0.5, 0.6) is 0 Å². The molecule has 0 amide bonds. The molecule has 0 N–H and O–H groups in total. The Labute approximate surface area is 87.1 Å². The Bertz CT molecular complexity index is 428. The Morgan fingerprint density at radius 1 is 1.20 bits per heavy atom. The largest absolute Gasteiger partial charge is 0.404 e. The zero-order chi connectivity index (χ0) is 10.1. The van der Waals surface area contributed by atoms with Crippen LogP contribution >= 0.6 is 0 Å². The van der Waals surface area contributed by atoms with Gasteiger partial charge in [-0.2, -0.15) is 9.97 Å². The normalized spacial score (nSPS) is 17.2. The molecule has 3 heterocycles. The highest BCUT2D eigenvalue weighted by Gasteiger charge is 2.16. The van der Waals surface area contributed by atoms with Crippen LogP contribution in [0.15, 0.2) is 16.9 Å².